The van der Waals surface area contributed by atoms with Crippen molar-refractivity contribution in [2.24, 2.45) is 11.3 Å². The highest BCUT2D eigenvalue weighted by molar-refractivity contribution is 5.15. The van der Waals surface area contributed by atoms with Gasteiger partial charge in [-0.1, -0.05) is 46.8 Å². The molecule has 0 bridgehead atoms. The summed E-state index contributed by atoms with van der Waals surface area (Å²) in [5.74, 6) is 0.580. The van der Waals surface area contributed by atoms with Crippen molar-refractivity contribution in [3.05, 3.63) is 12.2 Å². The van der Waals surface area contributed by atoms with E-state index in [0.717, 1.165) is 0 Å². The quantitative estimate of drug-likeness (QED) is 0.696. The molecule has 0 aliphatic heterocycles. The van der Waals surface area contributed by atoms with Gasteiger partial charge in [0.25, 0.3) is 0 Å². The molecule has 0 rings (SSSR count). The average molecular weight is 211 g/mol. The Morgan fingerprint density at radius 2 is 1.40 bits per heavy atom. The molecule has 15 heavy (non-hydrogen) atoms. The van der Waals surface area contributed by atoms with E-state index in [4.69, 9.17) is 0 Å². The highest BCUT2D eigenvalue weighted by Crippen LogP contribution is 2.30. The minimum Gasteiger partial charge on any atom is -0.305 e. The molecule has 0 amide bonds. The molecule has 0 heterocycles. The lowest BCUT2D eigenvalue weighted by molar-refractivity contribution is 0.298. The van der Waals surface area contributed by atoms with E-state index >= 15 is 0 Å². The molecular weight excluding hydrogens is 182 g/mol. The summed E-state index contributed by atoms with van der Waals surface area (Å²) in [4.78, 5) is 0. The van der Waals surface area contributed by atoms with Crippen LogP contribution in [0.3, 0.4) is 0 Å². The first-order valence-electron chi connectivity index (χ1n) is 5.92. The molecule has 0 aliphatic rings. The summed E-state index contributed by atoms with van der Waals surface area (Å²) in [6.07, 6.45) is 0. The SMILES string of the molecule is C=C(C(NC(C)(C)C)C(C)C)C(C)(C)C. The van der Waals surface area contributed by atoms with E-state index in [1.54, 1.807) is 0 Å². The van der Waals surface area contributed by atoms with Crippen LogP contribution in [0.4, 0.5) is 0 Å². The van der Waals surface area contributed by atoms with Crippen molar-refractivity contribution in [3.8, 4) is 0 Å². The van der Waals surface area contributed by atoms with Gasteiger partial charge in [0, 0.05) is 11.6 Å². The van der Waals surface area contributed by atoms with Crippen molar-refractivity contribution in [1.82, 2.24) is 5.32 Å². The van der Waals surface area contributed by atoms with Crippen molar-refractivity contribution in [2.75, 3.05) is 0 Å². The zero-order valence-electron chi connectivity index (χ0n) is 11.9. The van der Waals surface area contributed by atoms with Crippen LogP contribution in [0.1, 0.15) is 55.4 Å². The third kappa shape index (κ3) is 5.36. The molecule has 0 radical (unpaired) electrons. The van der Waals surface area contributed by atoms with Crippen molar-refractivity contribution >= 4 is 0 Å². The molecule has 0 aromatic rings. The monoisotopic (exact) mass is 211 g/mol. The molecule has 0 saturated heterocycles. The first-order chi connectivity index (χ1) is 6.45. The molecule has 0 aliphatic carbocycles. The van der Waals surface area contributed by atoms with Gasteiger partial charge in [0.15, 0.2) is 0 Å². The van der Waals surface area contributed by atoms with Gasteiger partial charge in [-0.3, -0.25) is 0 Å². The minimum absolute atomic E-state index is 0.142. The molecule has 1 unspecified atom stereocenters. The Bertz CT molecular complexity index is 212. The zero-order chi connectivity index (χ0) is 12.4. The summed E-state index contributed by atoms with van der Waals surface area (Å²) in [5, 5.41) is 3.66. The van der Waals surface area contributed by atoms with E-state index in [1.807, 2.05) is 0 Å². The van der Waals surface area contributed by atoms with Crippen molar-refractivity contribution < 1.29 is 0 Å². The molecule has 1 N–H and O–H groups in total. The van der Waals surface area contributed by atoms with E-state index in [2.05, 4.69) is 67.3 Å². The predicted molar refractivity (Wildman–Crippen MR) is 70.1 cm³/mol. The summed E-state index contributed by atoms with van der Waals surface area (Å²) in [7, 11) is 0. The van der Waals surface area contributed by atoms with Gasteiger partial charge in [0.05, 0.1) is 0 Å². The summed E-state index contributed by atoms with van der Waals surface area (Å²) in [5.41, 5.74) is 1.61. The maximum Gasteiger partial charge on any atom is 0.0309 e. The second-order valence-electron chi connectivity index (χ2n) is 6.89. The molecule has 0 saturated carbocycles. The Labute approximate surface area is 96.3 Å². The normalized spacial score (nSPS) is 15.5. The van der Waals surface area contributed by atoms with Crippen molar-refractivity contribution in [1.29, 1.82) is 0 Å². The van der Waals surface area contributed by atoms with Crippen LogP contribution >= 0.6 is 0 Å². The zero-order valence-corrected chi connectivity index (χ0v) is 11.9. The first-order valence-corrected chi connectivity index (χ1v) is 5.92. The highest BCUT2D eigenvalue weighted by atomic mass is 15.0. The van der Waals surface area contributed by atoms with Gasteiger partial charge in [-0.2, -0.15) is 0 Å². The lowest BCUT2D eigenvalue weighted by Gasteiger charge is -2.37. The van der Waals surface area contributed by atoms with E-state index < -0.39 is 0 Å². The molecule has 0 fully saturated rings. The Hall–Kier alpha value is -0.300. The van der Waals surface area contributed by atoms with Gasteiger partial charge in [-0.05, 0) is 32.1 Å². The van der Waals surface area contributed by atoms with Gasteiger partial charge >= 0.3 is 0 Å². The van der Waals surface area contributed by atoms with Crippen LogP contribution in [0.5, 0.6) is 0 Å². The van der Waals surface area contributed by atoms with Crippen molar-refractivity contribution in [3.63, 3.8) is 0 Å². The van der Waals surface area contributed by atoms with Gasteiger partial charge in [-0.25, -0.2) is 0 Å². The van der Waals surface area contributed by atoms with Gasteiger partial charge in [-0.15, -0.1) is 0 Å². The predicted octanol–water partition coefficient (Wildman–Crippen LogP) is 4.00. The summed E-state index contributed by atoms with van der Waals surface area (Å²) in [6.45, 7) is 22.1. The molecular formula is C14H29N. The molecule has 0 aromatic heterocycles. The summed E-state index contributed by atoms with van der Waals surface area (Å²) in [6, 6.07) is 0.394. The summed E-state index contributed by atoms with van der Waals surface area (Å²) >= 11 is 0. The number of nitrogens with one attached hydrogen (secondary N) is 1. The lowest BCUT2D eigenvalue weighted by Crippen LogP contribution is -2.48. The lowest BCUT2D eigenvalue weighted by atomic mass is 9.78. The maximum atomic E-state index is 4.27. The molecule has 0 aromatic carbocycles. The van der Waals surface area contributed by atoms with Crippen LogP contribution in [0.25, 0.3) is 0 Å². The molecule has 1 nitrogen and oxygen atoms in total. The maximum absolute atomic E-state index is 4.27. The van der Waals surface area contributed by atoms with Crippen LogP contribution in [-0.4, -0.2) is 11.6 Å². The van der Waals surface area contributed by atoms with E-state index in [9.17, 15) is 0 Å². The fourth-order valence-electron chi connectivity index (χ4n) is 1.59. The fraction of sp³-hybridized carbons (Fsp3) is 0.857. The third-order valence-electron chi connectivity index (χ3n) is 2.59. The molecule has 0 spiro atoms. The Kier molecular flexibility index (Phi) is 4.60. The second-order valence-corrected chi connectivity index (χ2v) is 6.89. The third-order valence-corrected chi connectivity index (χ3v) is 2.59. The van der Waals surface area contributed by atoms with Crippen LogP contribution < -0.4 is 5.32 Å². The second kappa shape index (κ2) is 4.69. The largest absolute Gasteiger partial charge is 0.305 e. The van der Waals surface area contributed by atoms with Gasteiger partial charge in [0.1, 0.15) is 0 Å². The van der Waals surface area contributed by atoms with Crippen LogP contribution in [0.15, 0.2) is 12.2 Å². The van der Waals surface area contributed by atoms with Crippen molar-refractivity contribution in [2.45, 2.75) is 67.0 Å². The Morgan fingerprint density at radius 1 is 1.00 bits per heavy atom. The van der Waals surface area contributed by atoms with Crippen LogP contribution in [-0.2, 0) is 0 Å². The average Bonchev–Trinajstić information content (AvgIpc) is 1.94. The number of hydrogen-bond acceptors (Lipinski definition) is 1. The molecule has 1 atom stereocenters. The molecule has 90 valence electrons. The van der Waals surface area contributed by atoms with E-state index in [-0.39, 0.29) is 11.0 Å². The van der Waals surface area contributed by atoms with Crippen LogP contribution in [0.2, 0.25) is 0 Å². The van der Waals surface area contributed by atoms with E-state index in [0.29, 0.717) is 12.0 Å². The number of hydrogen-bond donors (Lipinski definition) is 1. The fourth-order valence-corrected chi connectivity index (χ4v) is 1.59. The smallest absolute Gasteiger partial charge is 0.0309 e. The minimum atomic E-state index is 0.142. The standard InChI is InChI=1S/C14H29N/c1-10(2)12(15-14(7,8)9)11(3)13(4,5)6/h10,12,15H,3H2,1-2,4-9H3. The Morgan fingerprint density at radius 3 is 1.60 bits per heavy atom. The van der Waals surface area contributed by atoms with Gasteiger partial charge < -0.3 is 5.32 Å². The van der Waals surface area contributed by atoms with Crippen LogP contribution in [0, 0.1) is 11.3 Å². The summed E-state index contributed by atoms with van der Waals surface area (Å²) < 4.78 is 0. The number of rotatable bonds is 3. The highest BCUT2D eigenvalue weighted by Gasteiger charge is 2.28. The van der Waals surface area contributed by atoms with E-state index in [1.165, 1.54) is 5.57 Å². The first kappa shape index (κ1) is 14.7. The Balaban J connectivity index is 4.77. The molecule has 1 heteroatoms. The topological polar surface area (TPSA) is 12.0 Å². The van der Waals surface area contributed by atoms with Gasteiger partial charge in [0.2, 0.25) is 0 Å².